The first-order chi connectivity index (χ1) is 9.59. The summed E-state index contributed by atoms with van der Waals surface area (Å²) in [6.45, 7) is 0. The Balaban J connectivity index is 2.53. The molecule has 8 heteroatoms. The molecule has 0 spiro atoms. The van der Waals surface area contributed by atoms with Gasteiger partial charge in [0.2, 0.25) is 0 Å². The van der Waals surface area contributed by atoms with Crippen molar-refractivity contribution in [1.29, 1.82) is 0 Å². The smallest absolute Gasteiger partial charge is 0.256 e. The normalized spacial score (nSPS) is 12.5. The molecule has 0 atom stereocenters. The zero-order valence-corrected chi connectivity index (χ0v) is 10.1. The summed E-state index contributed by atoms with van der Waals surface area (Å²) in [5.74, 6) is -1.50. The Morgan fingerprint density at radius 2 is 1.48 bits per heavy atom. The summed E-state index contributed by atoms with van der Waals surface area (Å²) in [4.78, 5) is 3.59. The molecule has 1 heterocycles. The molecular formula is C13H6F7N. The lowest BCUT2D eigenvalue weighted by Crippen LogP contribution is -2.08. The van der Waals surface area contributed by atoms with Gasteiger partial charge in [-0.05, 0) is 30.3 Å². The maximum atomic E-state index is 13.1. The summed E-state index contributed by atoms with van der Waals surface area (Å²) < 4.78 is 88.5. The van der Waals surface area contributed by atoms with Crippen LogP contribution in [0.2, 0.25) is 0 Å². The van der Waals surface area contributed by atoms with Crippen LogP contribution in [-0.2, 0) is 12.4 Å². The van der Waals surface area contributed by atoms with Gasteiger partial charge in [-0.1, -0.05) is 0 Å². The van der Waals surface area contributed by atoms with Crippen molar-refractivity contribution in [3.63, 3.8) is 0 Å². The third-order valence-corrected chi connectivity index (χ3v) is 2.65. The average Bonchev–Trinajstić information content (AvgIpc) is 2.37. The molecule has 1 aromatic heterocycles. The van der Waals surface area contributed by atoms with Gasteiger partial charge in [0, 0.05) is 11.8 Å². The number of alkyl halides is 6. The minimum atomic E-state index is -4.94. The summed E-state index contributed by atoms with van der Waals surface area (Å²) in [5, 5.41) is 0. The van der Waals surface area contributed by atoms with Crippen molar-refractivity contribution in [3.8, 4) is 11.3 Å². The number of hydrogen-bond acceptors (Lipinski definition) is 1. The number of aromatic nitrogens is 1. The topological polar surface area (TPSA) is 12.9 Å². The number of nitrogens with zero attached hydrogens (tertiary/aromatic N) is 1. The molecular weight excluding hydrogens is 303 g/mol. The van der Waals surface area contributed by atoms with Gasteiger partial charge in [-0.2, -0.15) is 26.3 Å². The molecule has 1 aromatic carbocycles. The Bertz CT molecular complexity index is 658. The largest absolute Gasteiger partial charge is 0.419 e. The summed E-state index contributed by atoms with van der Waals surface area (Å²) in [7, 11) is 0. The number of pyridine rings is 1. The molecule has 0 radical (unpaired) electrons. The number of hydrogen-bond donors (Lipinski definition) is 0. The fraction of sp³-hybridized carbons (Fsp3) is 0.154. The second-order valence-electron chi connectivity index (χ2n) is 4.12. The molecule has 0 aliphatic carbocycles. The van der Waals surface area contributed by atoms with Gasteiger partial charge in [-0.25, -0.2) is 4.39 Å². The molecule has 1 nitrogen and oxygen atoms in total. The highest BCUT2D eigenvalue weighted by molar-refractivity contribution is 5.61. The van der Waals surface area contributed by atoms with Crippen LogP contribution < -0.4 is 0 Å². The minimum absolute atomic E-state index is 0.255. The predicted molar refractivity (Wildman–Crippen MR) is 59.6 cm³/mol. The van der Waals surface area contributed by atoms with Crippen LogP contribution in [0, 0.1) is 5.82 Å². The van der Waals surface area contributed by atoms with E-state index in [0.29, 0.717) is 24.3 Å². The lowest BCUT2D eigenvalue weighted by Gasteiger charge is -2.11. The van der Waals surface area contributed by atoms with Gasteiger partial charge in [0.1, 0.15) is 5.82 Å². The Morgan fingerprint density at radius 3 is 2.05 bits per heavy atom. The van der Waals surface area contributed by atoms with E-state index in [1.54, 1.807) is 0 Å². The van der Waals surface area contributed by atoms with Crippen LogP contribution in [0.1, 0.15) is 11.1 Å². The number of benzene rings is 1. The zero-order chi connectivity index (χ0) is 15.8. The molecule has 0 fully saturated rings. The monoisotopic (exact) mass is 309 g/mol. The number of halogens is 7. The fourth-order valence-electron chi connectivity index (χ4n) is 1.67. The Labute approximate surface area is 114 Å². The van der Waals surface area contributed by atoms with Gasteiger partial charge >= 0.3 is 12.4 Å². The van der Waals surface area contributed by atoms with Crippen molar-refractivity contribution < 1.29 is 30.7 Å². The van der Waals surface area contributed by atoms with Crippen molar-refractivity contribution in [2.75, 3.05) is 0 Å². The highest BCUT2D eigenvalue weighted by atomic mass is 19.4. The number of rotatable bonds is 1. The van der Waals surface area contributed by atoms with Gasteiger partial charge in [-0.15, -0.1) is 0 Å². The van der Waals surface area contributed by atoms with E-state index in [4.69, 9.17) is 0 Å². The van der Waals surface area contributed by atoms with Crippen LogP contribution >= 0.6 is 0 Å². The lowest BCUT2D eigenvalue weighted by atomic mass is 10.1. The molecule has 0 saturated heterocycles. The van der Waals surface area contributed by atoms with E-state index in [0.717, 1.165) is 12.3 Å². The Morgan fingerprint density at radius 1 is 0.810 bits per heavy atom. The van der Waals surface area contributed by atoms with Crippen LogP contribution in [0.4, 0.5) is 30.7 Å². The van der Waals surface area contributed by atoms with E-state index >= 15 is 0 Å². The van der Waals surface area contributed by atoms with Gasteiger partial charge < -0.3 is 0 Å². The second-order valence-corrected chi connectivity index (χ2v) is 4.12. The molecule has 21 heavy (non-hydrogen) atoms. The van der Waals surface area contributed by atoms with Crippen molar-refractivity contribution >= 4 is 0 Å². The molecule has 112 valence electrons. The molecule has 0 aliphatic rings. The molecule has 0 unspecified atom stereocenters. The first kappa shape index (κ1) is 15.3. The van der Waals surface area contributed by atoms with Crippen molar-refractivity contribution in [2.24, 2.45) is 0 Å². The Hall–Kier alpha value is -2.12. The fourth-order valence-corrected chi connectivity index (χ4v) is 1.67. The average molecular weight is 309 g/mol. The standard InChI is InChI=1S/C13H6F7N/c14-10-2-1-7(5-9(10)13(18,19)20)11-6-8(3-4-21-11)12(15,16)17/h1-6H. The maximum Gasteiger partial charge on any atom is 0.419 e. The third-order valence-electron chi connectivity index (χ3n) is 2.65. The van der Waals surface area contributed by atoms with Crippen LogP contribution in [0.3, 0.4) is 0 Å². The van der Waals surface area contributed by atoms with Crippen molar-refractivity contribution in [1.82, 2.24) is 4.98 Å². The SMILES string of the molecule is Fc1ccc(-c2cc(C(F)(F)F)ccn2)cc1C(F)(F)F. The maximum absolute atomic E-state index is 13.1. The van der Waals surface area contributed by atoms with Crippen molar-refractivity contribution in [2.45, 2.75) is 12.4 Å². The summed E-state index contributed by atoms with van der Waals surface area (Å²) in [6, 6.07) is 3.20. The van der Waals surface area contributed by atoms with E-state index in [1.165, 1.54) is 0 Å². The molecule has 0 amide bonds. The van der Waals surface area contributed by atoms with Crippen LogP contribution in [0.15, 0.2) is 36.5 Å². The van der Waals surface area contributed by atoms with Crippen LogP contribution in [0.5, 0.6) is 0 Å². The molecule has 0 aliphatic heterocycles. The van der Waals surface area contributed by atoms with Gasteiger partial charge in [-0.3, -0.25) is 4.98 Å². The lowest BCUT2D eigenvalue weighted by molar-refractivity contribution is -0.140. The predicted octanol–water partition coefficient (Wildman–Crippen LogP) is 4.93. The van der Waals surface area contributed by atoms with Crippen molar-refractivity contribution in [3.05, 3.63) is 53.5 Å². The molecule has 2 aromatic rings. The van der Waals surface area contributed by atoms with E-state index in [-0.39, 0.29) is 11.3 Å². The molecule has 0 bridgehead atoms. The van der Waals surface area contributed by atoms with Gasteiger partial charge in [0.05, 0.1) is 16.8 Å². The van der Waals surface area contributed by atoms with Crippen LogP contribution in [-0.4, -0.2) is 4.98 Å². The van der Waals surface area contributed by atoms with Crippen LogP contribution in [0.25, 0.3) is 11.3 Å². The van der Waals surface area contributed by atoms with E-state index in [1.807, 2.05) is 0 Å². The second kappa shape index (κ2) is 5.01. The summed E-state index contributed by atoms with van der Waals surface area (Å²) >= 11 is 0. The van der Waals surface area contributed by atoms with E-state index in [2.05, 4.69) is 4.98 Å². The third kappa shape index (κ3) is 3.32. The van der Waals surface area contributed by atoms with E-state index in [9.17, 15) is 30.7 Å². The van der Waals surface area contributed by atoms with E-state index < -0.39 is 29.3 Å². The molecule has 2 rings (SSSR count). The highest BCUT2D eigenvalue weighted by Gasteiger charge is 2.35. The first-order valence-corrected chi connectivity index (χ1v) is 5.49. The Kier molecular flexibility index (Phi) is 3.65. The quantitative estimate of drug-likeness (QED) is 0.681. The first-order valence-electron chi connectivity index (χ1n) is 5.49. The molecule has 0 saturated carbocycles. The van der Waals surface area contributed by atoms with Gasteiger partial charge in [0.25, 0.3) is 0 Å². The summed E-state index contributed by atoms with van der Waals surface area (Å²) in [6.07, 6.45) is -8.76. The zero-order valence-electron chi connectivity index (χ0n) is 10.1. The molecule has 0 N–H and O–H groups in total. The minimum Gasteiger partial charge on any atom is -0.256 e. The van der Waals surface area contributed by atoms with Gasteiger partial charge in [0.15, 0.2) is 0 Å². The highest BCUT2D eigenvalue weighted by Crippen LogP contribution is 2.35. The summed E-state index contributed by atoms with van der Waals surface area (Å²) in [5.41, 5.74) is -3.19.